The van der Waals surface area contributed by atoms with Crippen molar-refractivity contribution in [2.24, 2.45) is 0 Å². The van der Waals surface area contributed by atoms with Gasteiger partial charge in [-0.1, -0.05) is 6.07 Å². The highest BCUT2D eigenvalue weighted by Crippen LogP contribution is 2.24. The Labute approximate surface area is 79.5 Å². The molecule has 0 fully saturated rings. The van der Waals surface area contributed by atoms with E-state index in [0.29, 0.717) is 0 Å². The molecule has 0 atom stereocenters. The summed E-state index contributed by atoms with van der Waals surface area (Å²) in [6, 6.07) is 8.36. The van der Waals surface area contributed by atoms with Gasteiger partial charge in [0.15, 0.2) is 5.65 Å². The second kappa shape index (κ2) is 2.33. The monoisotopic (exact) mass is 188 g/mol. The van der Waals surface area contributed by atoms with Gasteiger partial charge in [-0.2, -0.15) is 0 Å². The molecule has 0 saturated carbocycles. The van der Waals surface area contributed by atoms with Crippen LogP contribution in [-0.2, 0) is 0 Å². The van der Waals surface area contributed by atoms with Gasteiger partial charge in [0.2, 0.25) is 0 Å². The quantitative estimate of drug-likeness (QED) is 0.530. The van der Waals surface area contributed by atoms with E-state index in [0.717, 1.165) is 10.7 Å². The molecule has 0 aliphatic carbocycles. The second-order valence-electron chi connectivity index (χ2n) is 3.06. The van der Waals surface area contributed by atoms with Crippen LogP contribution in [0.4, 0.5) is 0 Å². The standard InChI is InChI=1S/C10H8N2S/c1-7-11-10-9(13-7)6-8-4-2-3-5-12(8)10/h2-6H,1H3. The summed E-state index contributed by atoms with van der Waals surface area (Å²) in [7, 11) is 0. The van der Waals surface area contributed by atoms with Crippen LogP contribution in [0.2, 0.25) is 0 Å². The maximum atomic E-state index is 4.48. The third-order valence-corrected chi connectivity index (χ3v) is 3.05. The maximum Gasteiger partial charge on any atom is 0.155 e. The summed E-state index contributed by atoms with van der Waals surface area (Å²) in [6.07, 6.45) is 2.05. The van der Waals surface area contributed by atoms with Crippen molar-refractivity contribution in [2.45, 2.75) is 6.92 Å². The van der Waals surface area contributed by atoms with Gasteiger partial charge in [0.1, 0.15) is 0 Å². The molecule has 0 unspecified atom stereocenters. The molecule has 0 aromatic carbocycles. The number of aryl methyl sites for hydroxylation is 1. The normalized spacial score (nSPS) is 11.5. The van der Waals surface area contributed by atoms with E-state index in [2.05, 4.69) is 27.7 Å². The molecular weight excluding hydrogens is 180 g/mol. The molecule has 3 aromatic rings. The Morgan fingerprint density at radius 3 is 3.23 bits per heavy atom. The first kappa shape index (κ1) is 7.09. The van der Waals surface area contributed by atoms with Crippen LogP contribution in [0, 0.1) is 6.92 Å². The van der Waals surface area contributed by atoms with Crippen LogP contribution in [-0.4, -0.2) is 9.38 Å². The molecule has 0 aliphatic rings. The van der Waals surface area contributed by atoms with Crippen LogP contribution in [0.1, 0.15) is 5.01 Å². The van der Waals surface area contributed by atoms with Crippen LogP contribution in [0.15, 0.2) is 30.5 Å². The molecule has 3 rings (SSSR count). The third kappa shape index (κ3) is 0.906. The fourth-order valence-electron chi connectivity index (χ4n) is 1.60. The van der Waals surface area contributed by atoms with E-state index >= 15 is 0 Å². The molecule has 3 heterocycles. The van der Waals surface area contributed by atoms with Gasteiger partial charge in [0.25, 0.3) is 0 Å². The predicted octanol–water partition coefficient (Wildman–Crippen LogP) is 2.86. The molecule has 3 heteroatoms. The van der Waals surface area contributed by atoms with Gasteiger partial charge in [0.05, 0.1) is 9.71 Å². The molecule has 0 saturated heterocycles. The summed E-state index contributed by atoms with van der Waals surface area (Å²) in [5, 5.41) is 1.13. The van der Waals surface area contributed by atoms with Gasteiger partial charge in [-0.05, 0) is 25.1 Å². The topological polar surface area (TPSA) is 17.3 Å². The number of fused-ring (bicyclic) bond motifs is 3. The minimum atomic E-state index is 1.08. The number of thiazole rings is 1. The lowest BCUT2D eigenvalue weighted by atomic mass is 10.4. The van der Waals surface area contributed by atoms with Gasteiger partial charge in [-0.25, -0.2) is 4.98 Å². The van der Waals surface area contributed by atoms with E-state index < -0.39 is 0 Å². The molecule has 0 radical (unpaired) electrons. The number of nitrogens with zero attached hydrogens (tertiary/aromatic N) is 2. The number of pyridine rings is 1. The smallest absolute Gasteiger partial charge is 0.155 e. The van der Waals surface area contributed by atoms with Crippen molar-refractivity contribution < 1.29 is 0 Å². The minimum absolute atomic E-state index is 1.08. The Hall–Kier alpha value is -1.35. The summed E-state index contributed by atoms with van der Waals surface area (Å²) in [5.74, 6) is 0. The van der Waals surface area contributed by atoms with Gasteiger partial charge >= 0.3 is 0 Å². The lowest BCUT2D eigenvalue weighted by molar-refractivity contribution is 1.19. The first-order valence-corrected chi connectivity index (χ1v) is 4.99. The molecule has 3 aromatic heterocycles. The van der Waals surface area contributed by atoms with Crippen molar-refractivity contribution in [3.63, 3.8) is 0 Å². The molecule has 2 nitrogen and oxygen atoms in total. The van der Waals surface area contributed by atoms with Crippen molar-refractivity contribution >= 4 is 27.2 Å². The Bertz CT molecular complexity index is 577. The lowest BCUT2D eigenvalue weighted by Gasteiger charge is -1.91. The number of hydrogen-bond donors (Lipinski definition) is 0. The Kier molecular flexibility index (Phi) is 1.27. The van der Waals surface area contributed by atoms with Crippen LogP contribution in [0.3, 0.4) is 0 Å². The van der Waals surface area contributed by atoms with E-state index in [1.807, 2.05) is 19.1 Å². The van der Waals surface area contributed by atoms with Gasteiger partial charge in [-0.15, -0.1) is 11.3 Å². The van der Waals surface area contributed by atoms with E-state index in [9.17, 15) is 0 Å². The van der Waals surface area contributed by atoms with E-state index in [1.54, 1.807) is 11.3 Å². The molecular formula is C10H8N2S. The third-order valence-electron chi connectivity index (χ3n) is 2.14. The minimum Gasteiger partial charge on any atom is -0.301 e. The van der Waals surface area contributed by atoms with Crippen molar-refractivity contribution in [2.75, 3.05) is 0 Å². The molecule has 0 N–H and O–H groups in total. The fraction of sp³-hybridized carbons (Fsp3) is 0.100. The summed E-state index contributed by atoms with van der Waals surface area (Å²) >= 11 is 1.75. The summed E-state index contributed by atoms with van der Waals surface area (Å²) in [6.45, 7) is 2.04. The summed E-state index contributed by atoms with van der Waals surface area (Å²) < 4.78 is 3.39. The molecule has 0 bridgehead atoms. The van der Waals surface area contributed by atoms with Gasteiger partial charge < -0.3 is 4.40 Å². The van der Waals surface area contributed by atoms with Crippen molar-refractivity contribution in [3.8, 4) is 0 Å². The van der Waals surface area contributed by atoms with Crippen LogP contribution < -0.4 is 0 Å². The van der Waals surface area contributed by atoms with Crippen LogP contribution >= 0.6 is 11.3 Å². The first-order valence-electron chi connectivity index (χ1n) is 4.18. The first-order chi connectivity index (χ1) is 6.34. The predicted molar refractivity (Wildman–Crippen MR) is 55.3 cm³/mol. The number of aromatic nitrogens is 2. The Morgan fingerprint density at radius 1 is 1.38 bits per heavy atom. The van der Waals surface area contributed by atoms with E-state index in [1.165, 1.54) is 10.2 Å². The Balaban J connectivity index is 2.60. The van der Waals surface area contributed by atoms with Crippen LogP contribution in [0.5, 0.6) is 0 Å². The zero-order valence-electron chi connectivity index (χ0n) is 7.19. The highest BCUT2D eigenvalue weighted by Gasteiger charge is 2.05. The number of rotatable bonds is 0. The fourth-order valence-corrected chi connectivity index (χ4v) is 2.46. The zero-order valence-corrected chi connectivity index (χ0v) is 8.01. The summed E-state index contributed by atoms with van der Waals surface area (Å²) in [4.78, 5) is 4.48. The van der Waals surface area contributed by atoms with Crippen LogP contribution in [0.25, 0.3) is 15.9 Å². The zero-order chi connectivity index (χ0) is 8.84. The Morgan fingerprint density at radius 2 is 2.31 bits per heavy atom. The summed E-state index contributed by atoms with van der Waals surface area (Å²) in [5.41, 5.74) is 2.30. The molecule has 13 heavy (non-hydrogen) atoms. The molecule has 0 spiro atoms. The number of hydrogen-bond acceptors (Lipinski definition) is 2. The average molecular weight is 188 g/mol. The molecule has 0 aliphatic heterocycles. The highest BCUT2D eigenvalue weighted by atomic mass is 32.1. The van der Waals surface area contributed by atoms with Crippen molar-refractivity contribution in [3.05, 3.63) is 35.5 Å². The average Bonchev–Trinajstić information content (AvgIpc) is 2.60. The SMILES string of the molecule is Cc1nc2c(cc3ccccn32)s1. The lowest BCUT2D eigenvalue weighted by Crippen LogP contribution is -1.82. The maximum absolute atomic E-state index is 4.48. The van der Waals surface area contributed by atoms with E-state index in [-0.39, 0.29) is 0 Å². The second-order valence-corrected chi connectivity index (χ2v) is 4.30. The highest BCUT2D eigenvalue weighted by molar-refractivity contribution is 7.18. The molecule has 64 valence electrons. The van der Waals surface area contributed by atoms with Gasteiger partial charge in [0, 0.05) is 11.7 Å². The van der Waals surface area contributed by atoms with E-state index in [4.69, 9.17) is 0 Å². The van der Waals surface area contributed by atoms with Crippen molar-refractivity contribution in [1.29, 1.82) is 0 Å². The largest absolute Gasteiger partial charge is 0.301 e. The van der Waals surface area contributed by atoms with Crippen molar-refractivity contribution in [1.82, 2.24) is 9.38 Å². The van der Waals surface area contributed by atoms with Gasteiger partial charge in [-0.3, -0.25) is 0 Å². The molecule has 0 amide bonds.